The van der Waals surface area contributed by atoms with Crippen LogP contribution in [0.2, 0.25) is 0 Å². The zero-order valence-electron chi connectivity index (χ0n) is 9.95. The molecule has 0 spiro atoms. The van der Waals surface area contributed by atoms with Gasteiger partial charge in [-0.05, 0) is 12.1 Å². The van der Waals surface area contributed by atoms with E-state index >= 15 is 0 Å². The van der Waals surface area contributed by atoms with Crippen LogP contribution in [0, 0.1) is 0 Å². The molecule has 0 unspecified atom stereocenters. The number of benzene rings is 1. The second-order valence-electron chi connectivity index (χ2n) is 3.89. The highest BCUT2D eigenvalue weighted by molar-refractivity contribution is 7.99. The van der Waals surface area contributed by atoms with Gasteiger partial charge in [-0.2, -0.15) is 0 Å². The number of hydrogen-bond donors (Lipinski definition) is 0. The summed E-state index contributed by atoms with van der Waals surface area (Å²) in [6, 6.07) is 9.25. The number of para-hydroxylation sites is 1. The van der Waals surface area contributed by atoms with Crippen molar-refractivity contribution < 1.29 is 9.21 Å². The molecule has 19 heavy (non-hydrogen) atoms. The largest absolute Gasteiger partial charge is 0.464 e. The first kappa shape index (κ1) is 11.9. The van der Waals surface area contributed by atoms with Crippen LogP contribution in [0.1, 0.15) is 10.4 Å². The molecule has 3 aromatic rings. The molecule has 0 N–H and O–H groups in total. The normalized spacial score (nSPS) is 10.7. The molecule has 0 aliphatic rings. The molecule has 0 atom stereocenters. The highest BCUT2D eigenvalue weighted by Gasteiger charge is 2.14. The zero-order valence-corrected chi connectivity index (χ0v) is 10.8. The Kier molecular flexibility index (Phi) is 3.29. The van der Waals surface area contributed by atoms with Crippen LogP contribution in [0.3, 0.4) is 0 Å². The number of furan rings is 1. The maximum absolute atomic E-state index is 12.2. The van der Waals surface area contributed by atoms with E-state index in [0.717, 1.165) is 11.0 Å². The van der Waals surface area contributed by atoms with Crippen molar-refractivity contribution in [2.75, 3.05) is 5.75 Å². The van der Waals surface area contributed by atoms with Crippen molar-refractivity contribution in [2.45, 2.75) is 5.16 Å². The van der Waals surface area contributed by atoms with Gasteiger partial charge in [0.25, 0.3) is 0 Å². The van der Waals surface area contributed by atoms with Crippen molar-refractivity contribution in [3.05, 3.63) is 54.6 Å². The molecule has 3 rings (SSSR count). The first-order chi connectivity index (χ1) is 9.34. The summed E-state index contributed by atoms with van der Waals surface area (Å²) in [4.78, 5) is 20.3. The topological polar surface area (TPSA) is 56.0 Å². The number of ketones is 1. The molecule has 0 aliphatic heterocycles. The van der Waals surface area contributed by atoms with Gasteiger partial charge in [-0.15, -0.1) is 0 Å². The van der Waals surface area contributed by atoms with Gasteiger partial charge in [-0.3, -0.25) is 4.79 Å². The maximum atomic E-state index is 12.2. The van der Waals surface area contributed by atoms with Crippen molar-refractivity contribution in [3.8, 4) is 0 Å². The van der Waals surface area contributed by atoms with E-state index in [9.17, 15) is 4.79 Å². The van der Waals surface area contributed by atoms with Crippen LogP contribution in [0.5, 0.6) is 0 Å². The number of aromatic nitrogens is 2. The summed E-state index contributed by atoms with van der Waals surface area (Å²) in [6.45, 7) is 0. The van der Waals surface area contributed by atoms with Crippen molar-refractivity contribution in [1.29, 1.82) is 0 Å². The number of fused-ring (bicyclic) bond motifs is 1. The third-order valence-corrected chi connectivity index (χ3v) is 3.53. The van der Waals surface area contributed by atoms with Gasteiger partial charge in [0.2, 0.25) is 0 Å². The molecule has 0 fully saturated rings. The first-order valence-corrected chi connectivity index (χ1v) is 6.72. The van der Waals surface area contributed by atoms with Crippen LogP contribution in [0.4, 0.5) is 0 Å². The van der Waals surface area contributed by atoms with Crippen LogP contribution in [0.15, 0.2) is 58.6 Å². The van der Waals surface area contributed by atoms with E-state index in [2.05, 4.69) is 9.97 Å². The monoisotopic (exact) mass is 270 g/mol. The van der Waals surface area contributed by atoms with E-state index in [-0.39, 0.29) is 5.78 Å². The Hall–Kier alpha value is -2.14. The van der Waals surface area contributed by atoms with Crippen molar-refractivity contribution >= 4 is 28.5 Å². The van der Waals surface area contributed by atoms with Crippen LogP contribution < -0.4 is 0 Å². The van der Waals surface area contributed by atoms with Crippen molar-refractivity contribution in [3.63, 3.8) is 0 Å². The lowest BCUT2D eigenvalue weighted by Gasteiger charge is -1.98. The summed E-state index contributed by atoms with van der Waals surface area (Å²) >= 11 is 1.32. The van der Waals surface area contributed by atoms with E-state index in [0.29, 0.717) is 16.5 Å². The quantitative estimate of drug-likeness (QED) is 0.414. The molecule has 0 saturated carbocycles. The van der Waals surface area contributed by atoms with Gasteiger partial charge in [0, 0.05) is 17.8 Å². The van der Waals surface area contributed by atoms with E-state index in [1.165, 1.54) is 18.0 Å². The lowest BCUT2D eigenvalue weighted by Crippen LogP contribution is -2.02. The number of hydrogen-bond acceptors (Lipinski definition) is 5. The second-order valence-corrected chi connectivity index (χ2v) is 4.83. The van der Waals surface area contributed by atoms with Gasteiger partial charge in [0.05, 0.1) is 11.3 Å². The summed E-state index contributed by atoms with van der Waals surface area (Å²) in [5.74, 6) is 0.315. The summed E-state index contributed by atoms with van der Waals surface area (Å²) in [6.07, 6.45) is 4.83. The Balaban J connectivity index is 1.77. The maximum Gasteiger partial charge on any atom is 0.187 e. The third kappa shape index (κ3) is 2.51. The molecule has 2 heterocycles. The Bertz CT molecular complexity index is 710. The predicted molar refractivity (Wildman–Crippen MR) is 73.3 cm³/mol. The molecular weight excluding hydrogens is 260 g/mol. The minimum absolute atomic E-state index is 0.0161. The molecule has 0 saturated heterocycles. The van der Waals surface area contributed by atoms with Crippen LogP contribution in [-0.2, 0) is 0 Å². The summed E-state index contributed by atoms with van der Waals surface area (Å²) < 4.78 is 5.36. The zero-order chi connectivity index (χ0) is 13.1. The number of Topliss-reactive ketones (excluding diaryl/α,β-unsaturated/α-hetero) is 1. The number of thioether (sulfide) groups is 1. The average Bonchev–Trinajstić information content (AvgIpc) is 2.90. The Morgan fingerprint density at radius 3 is 2.79 bits per heavy atom. The highest BCUT2D eigenvalue weighted by Crippen LogP contribution is 2.23. The molecule has 0 bridgehead atoms. The lowest BCUT2D eigenvalue weighted by atomic mass is 10.1. The molecule has 4 nitrogen and oxygen atoms in total. The third-order valence-electron chi connectivity index (χ3n) is 2.66. The minimum Gasteiger partial charge on any atom is -0.464 e. The Labute approximate surface area is 113 Å². The smallest absolute Gasteiger partial charge is 0.187 e. The Morgan fingerprint density at radius 1 is 1.16 bits per heavy atom. The van der Waals surface area contributed by atoms with E-state index < -0.39 is 0 Å². The fraction of sp³-hybridized carbons (Fsp3) is 0.0714. The number of carbonyl (C=O) groups is 1. The summed E-state index contributed by atoms with van der Waals surface area (Å²) in [7, 11) is 0. The summed E-state index contributed by atoms with van der Waals surface area (Å²) in [5, 5.41) is 1.45. The van der Waals surface area contributed by atoms with Crippen molar-refractivity contribution in [2.24, 2.45) is 0 Å². The van der Waals surface area contributed by atoms with E-state index in [1.54, 1.807) is 18.5 Å². The number of carbonyl (C=O) groups excluding carboxylic acids is 1. The van der Waals surface area contributed by atoms with Crippen molar-refractivity contribution in [1.82, 2.24) is 9.97 Å². The van der Waals surface area contributed by atoms with Crippen LogP contribution in [0.25, 0.3) is 11.0 Å². The molecule has 94 valence electrons. The predicted octanol–water partition coefficient (Wildman–Crippen LogP) is 3.20. The average molecular weight is 270 g/mol. The molecule has 0 radical (unpaired) electrons. The SMILES string of the molecule is O=C(CSc1ncccn1)c1coc2ccccc12. The molecule has 0 aliphatic carbocycles. The fourth-order valence-corrected chi connectivity index (χ4v) is 2.45. The van der Waals surface area contributed by atoms with Crippen LogP contribution in [-0.4, -0.2) is 21.5 Å². The molecule has 5 heteroatoms. The number of nitrogens with zero attached hydrogens (tertiary/aromatic N) is 2. The second kappa shape index (κ2) is 5.24. The molecule has 1 aromatic carbocycles. The van der Waals surface area contributed by atoms with Gasteiger partial charge in [0.15, 0.2) is 10.9 Å². The van der Waals surface area contributed by atoms with Gasteiger partial charge in [-0.1, -0.05) is 30.0 Å². The summed E-state index contributed by atoms with van der Waals surface area (Å²) in [5.41, 5.74) is 1.34. The van der Waals surface area contributed by atoms with E-state index in [4.69, 9.17) is 4.42 Å². The van der Waals surface area contributed by atoms with Crippen LogP contribution >= 0.6 is 11.8 Å². The van der Waals surface area contributed by atoms with Gasteiger partial charge >= 0.3 is 0 Å². The standard InChI is InChI=1S/C14H10N2O2S/c17-12(9-19-14-15-6-3-7-16-14)11-8-18-13-5-2-1-4-10(11)13/h1-8H,9H2. The Morgan fingerprint density at radius 2 is 1.95 bits per heavy atom. The molecular formula is C14H10N2O2S. The first-order valence-electron chi connectivity index (χ1n) is 5.74. The fourth-order valence-electron chi connectivity index (χ4n) is 1.76. The number of rotatable bonds is 4. The molecule has 0 amide bonds. The van der Waals surface area contributed by atoms with Gasteiger partial charge in [-0.25, -0.2) is 9.97 Å². The van der Waals surface area contributed by atoms with Gasteiger partial charge in [0.1, 0.15) is 11.8 Å². The van der Waals surface area contributed by atoms with Gasteiger partial charge < -0.3 is 4.42 Å². The minimum atomic E-state index is 0.0161. The molecule has 2 aromatic heterocycles. The lowest BCUT2D eigenvalue weighted by molar-refractivity contribution is 0.102. The van der Waals surface area contributed by atoms with E-state index in [1.807, 2.05) is 24.3 Å². The highest BCUT2D eigenvalue weighted by atomic mass is 32.2.